The topological polar surface area (TPSA) is 155 Å². The zero-order valence-corrected chi connectivity index (χ0v) is 22.3. The van der Waals surface area contributed by atoms with Crippen LogP contribution in [0, 0.1) is 17.6 Å². The van der Waals surface area contributed by atoms with Crippen LogP contribution in [0.3, 0.4) is 0 Å². The molecule has 2 atom stereocenters. The number of halogens is 4. The van der Waals surface area contributed by atoms with E-state index in [2.05, 4.69) is 20.4 Å². The fourth-order valence-corrected chi connectivity index (χ4v) is 3.92. The molecule has 1 aromatic heterocycles. The van der Waals surface area contributed by atoms with Crippen LogP contribution >= 0.6 is 0 Å². The largest absolute Gasteiger partial charge is 0.489 e. The van der Waals surface area contributed by atoms with Gasteiger partial charge >= 0.3 is 12.7 Å². The van der Waals surface area contributed by atoms with Crippen LogP contribution in [0.4, 0.5) is 22.4 Å². The Bertz CT molecular complexity index is 1480. The number of primary amides is 1. The van der Waals surface area contributed by atoms with Crippen molar-refractivity contribution in [2.24, 2.45) is 11.7 Å². The molecule has 3 aromatic rings. The van der Waals surface area contributed by atoms with Gasteiger partial charge in [0.25, 0.3) is 5.91 Å². The summed E-state index contributed by atoms with van der Waals surface area (Å²) in [5, 5.41) is 4.60. The second-order valence-corrected chi connectivity index (χ2v) is 9.29. The number of carbonyl (C=O) groups is 3. The van der Waals surface area contributed by atoms with Crippen molar-refractivity contribution >= 4 is 17.9 Å². The van der Waals surface area contributed by atoms with Gasteiger partial charge in [-0.3, -0.25) is 9.59 Å². The molecule has 0 radical (unpaired) electrons. The van der Waals surface area contributed by atoms with Crippen LogP contribution < -0.4 is 25.8 Å². The van der Waals surface area contributed by atoms with Crippen molar-refractivity contribution in [3.05, 3.63) is 65.1 Å². The number of nitrogens with two attached hydrogens (primary N) is 1. The molecule has 42 heavy (non-hydrogen) atoms. The molecule has 4 N–H and O–H groups in total. The second-order valence-electron chi connectivity index (χ2n) is 9.29. The minimum atomic E-state index is -3.12. The summed E-state index contributed by atoms with van der Waals surface area (Å²) in [5.41, 5.74) is 4.47. The summed E-state index contributed by atoms with van der Waals surface area (Å²) >= 11 is 0. The molecule has 2 unspecified atom stereocenters. The lowest BCUT2D eigenvalue weighted by molar-refractivity contribution is -0.122. The number of hydrogen-bond acceptors (Lipinski definition) is 8. The predicted octanol–water partition coefficient (Wildman–Crippen LogP) is 4.38. The number of ether oxygens (including phenoxy) is 3. The molecular weight excluding hydrogens is 568 g/mol. The number of hydrogen-bond donors (Lipinski definition) is 3. The van der Waals surface area contributed by atoms with Gasteiger partial charge in [0, 0.05) is 24.2 Å². The van der Waals surface area contributed by atoms with Gasteiger partial charge in [0.05, 0.1) is 6.61 Å². The van der Waals surface area contributed by atoms with E-state index in [-0.39, 0.29) is 46.8 Å². The monoisotopic (exact) mass is 594 g/mol. The molecule has 1 aliphatic rings. The van der Waals surface area contributed by atoms with Crippen LogP contribution in [0.5, 0.6) is 11.5 Å². The zero-order valence-electron chi connectivity index (χ0n) is 22.3. The van der Waals surface area contributed by atoms with Gasteiger partial charge in [0.15, 0.2) is 29.1 Å². The third-order valence-corrected chi connectivity index (χ3v) is 6.17. The van der Waals surface area contributed by atoms with Gasteiger partial charge < -0.3 is 35.0 Å². The van der Waals surface area contributed by atoms with Crippen molar-refractivity contribution in [2.75, 3.05) is 13.7 Å². The van der Waals surface area contributed by atoms with Crippen LogP contribution in [-0.2, 0) is 9.53 Å². The molecule has 0 aliphatic heterocycles. The van der Waals surface area contributed by atoms with Gasteiger partial charge in [-0.15, -0.1) is 0 Å². The Morgan fingerprint density at radius 3 is 2.48 bits per heavy atom. The van der Waals surface area contributed by atoms with E-state index in [9.17, 15) is 31.9 Å². The van der Waals surface area contributed by atoms with E-state index in [1.54, 1.807) is 0 Å². The van der Waals surface area contributed by atoms with E-state index in [0.29, 0.717) is 6.07 Å². The van der Waals surface area contributed by atoms with E-state index < -0.39 is 54.0 Å². The normalized spacial score (nSPS) is 14.2. The maximum absolute atomic E-state index is 14.5. The first kappa shape index (κ1) is 30.1. The van der Waals surface area contributed by atoms with Crippen LogP contribution in [0.15, 0.2) is 40.8 Å². The standard InChI is InChI=1S/C27H26F4N4O7/c1-12(40-27(32)38)22-21(24(37)34-20(23(36)33-2)16-7-6-15(28)10-17(16)29)35-25(42-22)14-5-8-18(41-26(30)31)19(9-14)39-11-13-3-4-13/h5-10,12-13,20,26H,3-4,11H2,1-2H3,(H2,32,38)(H,33,36)(H,34,37). The summed E-state index contributed by atoms with van der Waals surface area (Å²) in [4.78, 5) is 41.6. The molecule has 4 rings (SSSR count). The number of aromatic nitrogens is 1. The highest BCUT2D eigenvalue weighted by atomic mass is 19.3. The summed E-state index contributed by atoms with van der Waals surface area (Å²) in [6.45, 7) is -1.53. The Morgan fingerprint density at radius 2 is 1.86 bits per heavy atom. The molecule has 1 heterocycles. The fourth-order valence-electron chi connectivity index (χ4n) is 3.92. The van der Waals surface area contributed by atoms with Crippen LogP contribution in [-0.4, -0.2) is 43.2 Å². The minimum absolute atomic E-state index is 0.0293. The Kier molecular flexibility index (Phi) is 9.18. The van der Waals surface area contributed by atoms with Crippen molar-refractivity contribution in [1.82, 2.24) is 15.6 Å². The maximum atomic E-state index is 14.5. The SMILES string of the molecule is CNC(=O)C(NC(=O)c1nc(-c2ccc(OC(F)F)c(OCC3CC3)c2)oc1C(C)OC(N)=O)c1ccc(F)cc1F. The molecule has 3 amide bonds. The van der Waals surface area contributed by atoms with Gasteiger partial charge in [-0.1, -0.05) is 6.07 Å². The van der Waals surface area contributed by atoms with E-state index in [1.165, 1.54) is 32.2 Å². The van der Waals surface area contributed by atoms with Crippen molar-refractivity contribution in [1.29, 1.82) is 0 Å². The molecule has 0 saturated heterocycles. The molecule has 15 heteroatoms. The van der Waals surface area contributed by atoms with Gasteiger partial charge in [-0.05, 0) is 49.9 Å². The molecule has 1 saturated carbocycles. The Labute approximate surface area is 236 Å². The number of nitrogens with zero attached hydrogens (tertiary/aromatic N) is 1. The third kappa shape index (κ3) is 7.27. The smallest absolute Gasteiger partial charge is 0.405 e. The lowest BCUT2D eigenvalue weighted by Crippen LogP contribution is -2.40. The quantitative estimate of drug-likeness (QED) is 0.261. The molecule has 224 valence electrons. The Morgan fingerprint density at radius 1 is 1.12 bits per heavy atom. The molecule has 2 aromatic carbocycles. The summed E-state index contributed by atoms with van der Waals surface area (Å²) in [7, 11) is 1.25. The lowest BCUT2D eigenvalue weighted by Gasteiger charge is -2.18. The number of alkyl halides is 2. The number of likely N-dealkylation sites (N-methyl/N-ethyl adjacent to an activating group) is 1. The number of nitrogens with one attached hydrogen (secondary N) is 2. The Balaban J connectivity index is 1.72. The van der Waals surface area contributed by atoms with Crippen molar-refractivity contribution < 1.29 is 50.6 Å². The summed E-state index contributed by atoms with van der Waals surface area (Å²) in [6.07, 6.45) is -0.600. The minimum Gasteiger partial charge on any atom is -0.489 e. The van der Waals surface area contributed by atoms with Crippen molar-refractivity contribution in [2.45, 2.75) is 38.5 Å². The maximum Gasteiger partial charge on any atom is 0.405 e. The average Bonchev–Trinajstić information content (AvgIpc) is 3.65. The molecular formula is C27H26F4N4O7. The molecule has 1 aliphatic carbocycles. The number of amides is 3. The van der Waals surface area contributed by atoms with Crippen LogP contribution in [0.1, 0.15) is 53.7 Å². The first-order valence-electron chi connectivity index (χ1n) is 12.6. The molecule has 11 nitrogen and oxygen atoms in total. The first-order valence-corrected chi connectivity index (χ1v) is 12.6. The predicted molar refractivity (Wildman–Crippen MR) is 137 cm³/mol. The molecule has 0 bridgehead atoms. The van der Waals surface area contributed by atoms with E-state index in [1.807, 2.05) is 0 Å². The van der Waals surface area contributed by atoms with Crippen LogP contribution in [0.25, 0.3) is 11.5 Å². The molecule has 1 fully saturated rings. The number of rotatable bonds is 12. The highest BCUT2D eigenvalue weighted by Gasteiger charge is 2.32. The van der Waals surface area contributed by atoms with E-state index in [0.717, 1.165) is 25.0 Å². The van der Waals surface area contributed by atoms with Gasteiger partial charge in [-0.2, -0.15) is 8.78 Å². The van der Waals surface area contributed by atoms with Crippen molar-refractivity contribution in [3.63, 3.8) is 0 Å². The zero-order chi connectivity index (χ0) is 30.6. The van der Waals surface area contributed by atoms with E-state index in [4.69, 9.17) is 19.6 Å². The molecule has 0 spiro atoms. The first-order chi connectivity index (χ1) is 20.0. The second kappa shape index (κ2) is 12.8. The highest BCUT2D eigenvalue weighted by Crippen LogP contribution is 2.37. The number of oxazole rings is 1. The number of carbonyl (C=O) groups excluding carboxylic acids is 3. The van der Waals surface area contributed by atoms with Crippen molar-refractivity contribution in [3.8, 4) is 23.0 Å². The van der Waals surface area contributed by atoms with Gasteiger partial charge in [-0.25, -0.2) is 18.6 Å². The number of benzene rings is 2. The lowest BCUT2D eigenvalue weighted by atomic mass is 10.0. The van der Waals surface area contributed by atoms with Gasteiger partial charge in [0.1, 0.15) is 17.7 Å². The third-order valence-electron chi connectivity index (χ3n) is 6.17. The summed E-state index contributed by atoms with van der Waals surface area (Å²) in [6, 6.07) is 4.66. The van der Waals surface area contributed by atoms with Crippen LogP contribution in [0.2, 0.25) is 0 Å². The Hall–Kier alpha value is -4.82. The van der Waals surface area contributed by atoms with Gasteiger partial charge in [0.2, 0.25) is 11.8 Å². The summed E-state index contributed by atoms with van der Waals surface area (Å²) < 4.78 is 74.8. The fraction of sp³-hybridized carbons (Fsp3) is 0.333. The summed E-state index contributed by atoms with van der Waals surface area (Å²) in [5.74, 6) is -4.40. The highest BCUT2D eigenvalue weighted by molar-refractivity contribution is 5.97. The average molecular weight is 595 g/mol. The van der Waals surface area contributed by atoms with E-state index >= 15 is 0 Å².